The normalized spacial score (nSPS) is 15.3. The summed E-state index contributed by atoms with van der Waals surface area (Å²) in [4.78, 5) is 18.2. The van der Waals surface area contributed by atoms with Crippen molar-refractivity contribution in [3.63, 3.8) is 0 Å². The molecule has 1 fully saturated rings. The summed E-state index contributed by atoms with van der Waals surface area (Å²) in [6.07, 6.45) is 9.34. The number of amides is 1. The van der Waals surface area contributed by atoms with E-state index in [0.29, 0.717) is 12.2 Å². The summed E-state index contributed by atoms with van der Waals surface area (Å²) in [6, 6.07) is 18.0. The van der Waals surface area contributed by atoms with Crippen LogP contribution in [0, 0.1) is 0 Å². The lowest BCUT2D eigenvalue weighted by Crippen LogP contribution is -2.35. The number of pyridine rings is 1. The molecular formula is C27H32N2O2. The summed E-state index contributed by atoms with van der Waals surface area (Å²) in [5.41, 5.74) is 3.29. The number of hydrogen-bond acceptors (Lipinski definition) is 3. The number of carbonyl (C=O) groups excluding carboxylic acids is 1. The number of nitrogens with one attached hydrogen (secondary N) is 1. The largest absolute Gasteiger partial charge is 0.494 e. The molecule has 0 radical (unpaired) electrons. The van der Waals surface area contributed by atoms with Crippen LogP contribution in [0.3, 0.4) is 0 Å². The van der Waals surface area contributed by atoms with Gasteiger partial charge in [-0.1, -0.05) is 69.4 Å². The number of nitrogens with zero attached hydrogens (tertiary/aromatic N) is 1. The first-order valence-electron chi connectivity index (χ1n) is 11.7. The molecule has 1 N–H and O–H groups in total. The van der Waals surface area contributed by atoms with E-state index in [1.54, 1.807) is 0 Å². The van der Waals surface area contributed by atoms with Gasteiger partial charge in [0.1, 0.15) is 5.75 Å². The second-order valence-corrected chi connectivity index (χ2v) is 8.46. The molecule has 0 bridgehead atoms. The van der Waals surface area contributed by atoms with E-state index >= 15 is 0 Å². The van der Waals surface area contributed by atoms with Gasteiger partial charge in [-0.15, -0.1) is 0 Å². The van der Waals surface area contributed by atoms with Crippen molar-refractivity contribution in [2.24, 2.45) is 0 Å². The van der Waals surface area contributed by atoms with Crippen molar-refractivity contribution in [1.29, 1.82) is 0 Å². The van der Waals surface area contributed by atoms with Crippen LogP contribution >= 0.6 is 0 Å². The summed E-state index contributed by atoms with van der Waals surface area (Å²) >= 11 is 0. The molecule has 0 spiro atoms. The SMILES string of the molecule is CCCOc1cccc(-c2cc(C(=O)NC3CCCCCCC3)c3ccccc3n2)c1. The monoisotopic (exact) mass is 416 g/mol. The topological polar surface area (TPSA) is 51.2 Å². The van der Waals surface area contributed by atoms with E-state index in [1.165, 1.54) is 32.1 Å². The Morgan fingerprint density at radius 2 is 1.77 bits per heavy atom. The Kier molecular flexibility index (Phi) is 7.18. The molecular weight excluding hydrogens is 384 g/mol. The number of benzene rings is 2. The average Bonchev–Trinajstić information content (AvgIpc) is 2.78. The number of fused-ring (bicyclic) bond motifs is 1. The predicted octanol–water partition coefficient (Wildman–Crippen LogP) is 6.53. The van der Waals surface area contributed by atoms with Crippen LogP contribution in [0.15, 0.2) is 54.6 Å². The summed E-state index contributed by atoms with van der Waals surface area (Å²) in [6.45, 7) is 2.78. The molecule has 0 unspecified atom stereocenters. The number of rotatable bonds is 6. The minimum absolute atomic E-state index is 0.00353. The molecule has 0 saturated heterocycles. The molecule has 1 amide bonds. The first-order valence-corrected chi connectivity index (χ1v) is 11.7. The van der Waals surface area contributed by atoms with Crippen molar-refractivity contribution in [2.45, 2.75) is 64.3 Å². The lowest BCUT2D eigenvalue weighted by atomic mass is 9.96. The van der Waals surface area contributed by atoms with Crippen molar-refractivity contribution >= 4 is 16.8 Å². The fourth-order valence-electron chi connectivity index (χ4n) is 4.34. The first-order chi connectivity index (χ1) is 15.2. The Balaban J connectivity index is 1.66. The van der Waals surface area contributed by atoms with Crippen LogP contribution in [0.25, 0.3) is 22.2 Å². The van der Waals surface area contributed by atoms with Crippen LogP contribution in [-0.2, 0) is 0 Å². The Morgan fingerprint density at radius 1 is 1.00 bits per heavy atom. The number of ether oxygens (including phenoxy) is 1. The third kappa shape index (κ3) is 5.43. The molecule has 1 heterocycles. The number of aromatic nitrogens is 1. The molecule has 2 aromatic carbocycles. The van der Waals surface area contributed by atoms with Gasteiger partial charge in [0.15, 0.2) is 0 Å². The second-order valence-electron chi connectivity index (χ2n) is 8.46. The second kappa shape index (κ2) is 10.4. The molecule has 1 saturated carbocycles. The first kappa shape index (κ1) is 21.4. The zero-order chi connectivity index (χ0) is 21.5. The summed E-state index contributed by atoms with van der Waals surface area (Å²) < 4.78 is 5.80. The number of hydrogen-bond donors (Lipinski definition) is 1. The smallest absolute Gasteiger partial charge is 0.252 e. The molecule has 162 valence electrons. The van der Waals surface area contributed by atoms with Crippen LogP contribution < -0.4 is 10.1 Å². The molecule has 0 atom stereocenters. The Labute approximate surface area is 185 Å². The van der Waals surface area contributed by atoms with Crippen molar-refractivity contribution in [3.05, 3.63) is 60.2 Å². The fraction of sp³-hybridized carbons (Fsp3) is 0.407. The third-order valence-corrected chi connectivity index (χ3v) is 6.00. The van der Waals surface area contributed by atoms with Gasteiger partial charge in [-0.25, -0.2) is 4.98 Å². The minimum atomic E-state index is 0.00353. The average molecular weight is 417 g/mol. The highest BCUT2D eigenvalue weighted by molar-refractivity contribution is 6.07. The van der Waals surface area contributed by atoms with E-state index in [9.17, 15) is 4.79 Å². The highest BCUT2D eigenvalue weighted by Crippen LogP contribution is 2.28. The number of para-hydroxylation sites is 1. The van der Waals surface area contributed by atoms with Gasteiger partial charge in [-0.2, -0.15) is 0 Å². The Hall–Kier alpha value is -2.88. The highest BCUT2D eigenvalue weighted by atomic mass is 16.5. The maximum atomic E-state index is 13.4. The van der Waals surface area contributed by atoms with Crippen LogP contribution in [0.2, 0.25) is 0 Å². The lowest BCUT2D eigenvalue weighted by Gasteiger charge is -2.21. The molecule has 4 heteroatoms. The van der Waals surface area contributed by atoms with Gasteiger partial charge in [0, 0.05) is 17.0 Å². The quantitative estimate of drug-likeness (QED) is 0.497. The van der Waals surface area contributed by atoms with Gasteiger partial charge in [0.25, 0.3) is 5.91 Å². The number of carbonyl (C=O) groups is 1. The van der Waals surface area contributed by atoms with E-state index in [1.807, 2.05) is 54.6 Å². The maximum Gasteiger partial charge on any atom is 0.252 e. The van der Waals surface area contributed by atoms with Gasteiger partial charge >= 0.3 is 0 Å². The van der Waals surface area contributed by atoms with Crippen LogP contribution in [0.5, 0.6) is 5.75 Å². The van der Waals surface area contributed by atoms with E-state index in [4.69, 9.17) is 9.72 Å². The molecule has 31 heavy (non-hydrogen) atoms. The van der Waals surface area contributed by atoms with Crippen LogP contribution in [-0.4, -0.2) is 23.5 Å². The molecule has 4 rings (SSSR count). The minimum Gasteiger partial charge on any atom is -0.494 e. The molecule has 1 aromatic heterocycles. The maximum absolute atomic E-state index is 13.4. The third-order valence-electron chi connectivity index (χ3n) is 6.00. The summed E-state index contributed by atoms with van der Waals surface area (Å²) in [5, 5.41) is 4.22. The Morgan fingerprint density at radius 3 is 2.58 bits per heavy atom. The zero-order valence-electron chi connectivity index (χ0n) is 18.4. The highest BCUT2D eigenvalue weighted by Gasteiger charge is 2.18. The molecule has 3 aromatic rings. The van der Waals surface area contributed by atoms with Crippen LogP contribution in [0.1, 0.15) is 68.6 Å². The van der Waals surface area contributed by atoms with Gasteiger partial charge in [0.2, 0.25) is 0 Å². The van der Waals surface area contributed by atoms with Gasteiger partial charge in [0.05, 0.1) is 23.4 Å². The molecule has 0 aliphatic heterocycles. The standard InChI is InChI=1S/C27H32N2O2/c1-2-17-31-22-14-10-11-20(18-22)26-19-24(23-15-8-9-16-25(23)29-26)27(30)28-21-12-6-4-3-5-7-13-21/h8-11,14-16,18-19,21H,2-7,12-13,17H2,1H3,(H,28,30). The van der Waals surface area contributed by atoms with E-state index in [-0.39, 0.29) is 11.9 Å². The molecule has 1 aliphatic rings. The molecule has 1 aliphatic carbocycles. The van der Waals surface area contributed by atoms with Crippen molar-refractivity contribution < 1.29 is 9.53 Å². The van der Waals surface area contributed by atoms with E-state index in [2.05, 4.69) is 12.2 Å². The van der Waals surface area contributed by atoms with Gasteiger partial charge in [-0.05, 0) is 43.5 Å². The Bertz CT molecular complexity index is 1020. The summed E-state index contributed by atoms with van der Waals surface area (Å²) in [5.74, 6) is 0.832. The van der Waals surface area contributed by atoms with Crippen molar-refractivity contribution in [3.8, 4) is 17.0 Å². The van der Waals surface area contributed by atoms with Crippen molar-refractivity contribution in [2.75, 3.05) is 6.61 Å². The summed E-state index contributed by atoms with van der Waals surface area (Å²) in [7, 11) is 0. The van der Waals surface area contributed by atoms with E-state index < -0.39 is 0 Å². The fourth-order valence-corrected chi connectivity index (χ4v) is 4.34. The van der Waals surface area contributed by atoms with E-state index in [0.717, 1.165) is 47.2 Å². The lowest BCUT2D eigenvalue weighted by molar-refractivity contribution is 0.0932. The van der Waals surface area contributed by atoms with Gasteiger partial charge in [-0.3, -0.25) is 4.79 Å². The van der Waals surface area contributed by atoms with Crippen molar-refractivity contribution in [1.82, 2.24) is 10.3 Å². The zero-order valence-corrected chi connectivity index (χ0v) is 18.4. The van der Waals surface area contributed by atoms with Crippen LogP contribution in [0.4, 0.5) is 0 Å². The molecule has 4 nitrogen and oxygen atoms in total. The van der Waals surface area contributed by atoms with Gasteiger partial charge < -0.3 is 10.1 Å². The predicted molar refractivity (Wildman–Crippen MR) is 127 cm³/mol.